The molecule has 0 aliphatic carbocycles. The van der Waals surface area contributed by atoms with Crippen LogP contribution in [0.2, 0.25) is 0 Å². The number of nitrogens with zero attached hydrogens (tertiary/aromatic N) is 1. The number of hydrogen-bond acceptors (Lipinski definition) is 1. The van der Waals surface area contributed by atoms with Crippen LogP contribution in [0.3, 0.4) is 0 Å². The van der Waals surface area contributed by atoms with E-state index in [9.17, 15) is 0 Å². The van der Waals surface area contributed by atoms with Gasteiger partial charge in [-0.15, -0.1) is 0 Å². The molecule has 0 spiro atoms. The molecule has 0 saturated carbocycles. The second kappa shape index (κ2) is 5.85. The Bertz CT molecular complexity index is 286. The Labute approximate surface area is 106 Å². The lowest BCUT2D eigenvalue weighted by atomic mass is 10.2. The first-order valence-electron chi connectivity index (χ1n) is 5.81. The van der Waals surface area contributed by atoms with E-state index in [1.54, 1.807) is 0 Å². The maximum atomic E-state index is 2.59. The van der Waals surface area contributed by atoms with Crippen LogP contribution in [-0.2, 0) is 6.54 Å². The van der Waals surface area contributed by atoms with Crippen LogP contribution in [-0.4, -0.2) is 18.0 Å². The van der Waals surface area contributed by atoms with Crippen molar-refractivity contribution in [1.29, 1.82) is 0 Å². The summed E-state index contributed by atoms with van der Waals surface area (Å²) in [6, 6.07) is 8.92. The molecule has 15 heavy (non-hydrogen) atoms. The highest BCUT2D eigenvalue weighted by Crippen LogP contribution is 2.14. The summed E-state index contributed by atoms with van der Waals surface area (Å²) in [6.07, 6.45) is 5.60. The summed E-state index contributed by atoms with van der Waals surface area (Å²) in [5.74, 6) is 0. The molecule has 0 N–H and O–H groups in total. The molecule has 82 valence electrons. The molecular formula is C13H18IN. The van der Waals surface area contributed by atoms with Crippen molar-refractivity contribution in [1.82, 2.24) is 4.90 Å². The third-order valence-electron chi connectivity index (χ3n) is 3.02. The lowest BCUT2D eigenvalue weighted by Crippen LogP contribution is -2.23. The number of benzene rings is 1. The second-order valence-electron chi connectivity index (χ2n) is 4.32. The normalized spacial score (nSPS) is 18.7. The van der Waals surface area contributed by atoms with E-state index in [4.69, 9.17) is 0 Å². The van der Waals surface area contributed by atoms with Crippen LogP contribution in [0.5, 0.6) is 0 Å². The molecule has 1 aromatic carbocycles. The Morgan fingerprint density at radius 1 is 0.933 bits per heavy atom. The van der Waals surface area contributed by atoms with E-state index in [1.807, 2.05) is 0 Å². The summed E-state index contributed by atoms with van der Waals surface area (Å²) in [6.45, 7) is 3.70. The number of likely N-dealkylation sites (tertiary alicyclic amines) is 1. The van der Waals surface area contributed by atoms with E-state index in [1.165, 1.54) is 47.9 Å². The van der Waals surface area contributed by atoms with Gasteiger partial charge in [-0.25, -0.2) is 0 Å². The highest BCUT2D eigenvalue weighted by molar-refractivity contribution is 14.1. The van der Waals surface area contributed by atoms with Crippen LogP contribution in [0.4, 0.5) is 0 Å². The van der Waals surface area contributed by atoms with Gasteiger partial charge in [0.2, 0.25) is 0 Å². The van der Waals surface area contributed by atoms with E-state index in [0.29, 0.717) is 0 Å². The highest BCUT2D eigenvalue weighted by Gasteiger charge is 2.08. The minimum atomic E-state index is 1.14. The highest BCUT2D eigenvalue weighted by atomic mass is 127. The SMILES string of the molecule is Ic1ccc(CN2CCCCCC2)cc1. The van der Waals surface area contributed by atoms with E-state index >= 15 is 0 Å². The minimum Gasteiger partial charge on any atom is -0.299 e. The largest absolute Gasteiger partial charge is 0.299 e. The molecule has 1 aliphatic heterocycles. The van der Waals surface area contributed by atoms with Crippen molar-refractivity contribution in [2.75, 3.05) is 13.1 Å². The summed E-state index contributed by atoms with van der Waals surface area (Å²) in [5.41, 5.74) is 1.46. The average Bonchev–Trinajstić information content (AvgIpc) is 2.50. The zero-order valence-electron chi connectivity index (χ0n) is 9.08. The molecule has 1 saturated heterocycles. The summed E-state index contributed by atoms with van der Waals surface area (Å²) < 4.78 is 1.33. The molecule has 2 rings (SSSR count). The molecule has 1 aliphatic rings. The van der Waals surface area contributed by atoms with Gasteiger partial charge in [0.25, 0.3) is 0 Å². The fourth-order valence-corrected chi connectivity index (χ4v) is 2.50. The van der Waals surface area contributed by atoms with E-state index in [0.717, 1.165) is 6.54 Å². The van der Waals surface area contributed by atoms with Crippen molar-refractivity contribution in [3.63, 3.8) is 0 Å². The van der Waals surface area contributed by atoms with Crippen LogP contribution in [0.25, 0.3) is 0 Å². The summed E-state index contributed by atoms with van der Waals surface area (Å²) >= 11 is 2.36. The predicted octanol–water partition coefficient (Wildman–Crippen LogP) is 3.67. The standard InChI is InChI=1S/C13H18IN/c14-13-7-5-12(6-8-13)11-15-9-3-1-2-4-10-15/h5-8H,1-4,9-11H2. The zero-order valence-corrected chi connectivity index (χ0v) is 11.2. The Hall–Kier alpha value is -0.0900. The first kappa shape index (κ1) is 11.4. The fourth-order valence-electron chi connectivity index (χ4n) is 2.14. The smallest absolute Gasteiger partial charge is 0.0233 e. The van der Waals surface area contributed by atoms with Crippen molar-refractivity contribution in [2.45, 2.75) is 32.2 Å². The van der Waals surface area contributed by atoms with Gasteiger partial charge < -0.3 is 0 Å². The number of halogens is 1. The van der Waals surface area contributed by atoms with Crippen LogP contribution in [0, 0.1) is 3.57 Å². The molecule has 1 nitrogen and oxygen atoms in total. The third kappa shape index (κ3) is 3.76. The minimum absolute atomic E-state index is 1.14. The van der Waals surface area contributed by atoms with Gasteiger partial charge in [-0.05, 0) is 66.2 Å². The molecule has 2 heteroatoms. The maximum absolute atomic E-state index is 2.59. The Kier molecular flexibility index (Phi) is 4.44. The van der Waals surface area contributed by atoms with Gasteiger partial charge in [-0.2, -0.15) is 0 Å². The van der Waals surface area contributed by atoms with Gasteiger partial charge in [0.1, 0.15) is 0 Å². The topological polar surface area (TPSA) is 3.24 Å². The monoisotopic (exact) mass is 315 g/mol. The summed E-state index contributed by atoms with van der Waals surface area (Å²) in [7, 11) is 0. The maximum Gasteiger partial charge on any atom is 0.0233 e. The first-order chi connectivity index (χ1) is 7.34. The Morgan fingerprint density at radius 2 is 1.53 bits per heavy atom. The van der Waals surface area contributed by atoms with E-state index in [2.05, 4.69) is 51.8 Å². The van der Waals surface area contributed by atoms with Gasteiger partial charge in [0.05, 0.1) is 0 Å². The average molecular weight is 315 g/mol. The number of hydrogen-bond donors (Lipinski definition) is 0. The van der Waals surface area contributed by atoms with Crippen LogP contribution in [0.1, 0.15) is 31.2 Å². The van der Waals surface area contributed by atoms with Gasteiger partial charge in [-0.3, -0.25) is 4.90 Å². The molecule has 1 heterocycles. The van der Waals surface area contributed by atoms with Crippen molar-refractivity contribution in [3.8, 4) is 0 Å². The second-order valence-corrected chi connectivity index (χ2v) is 5.56. The fraction of sp³-hybridized carbons (Fsp3) is 0.538. The van der Waals surface area contributed by atoms with Crippen molar-refractivity contribution < 1.29 is 0 Å². The van der Waals surface area contributed by atoms with Crippen LogP contribution >= 0.6 is 22.6 Å². The summed E-state index contributed by atoms with van der Waals surface area (Å²) in [5, 5.41) is 0. The van der Waals surface area contributed by atoms with Crippen molar-refractivity contribution in [2.24, 2.45) is 0 Å². The van der Waals surface area contributed by atoms with E-state index in [-0.39, 0.29) is 0 Å². The molecule has 0 amide bonds. The number of rotatable bonds is 2. The lowest BCUT2D eigenvalue weighted by Gasteiger charge is -2.19. The Morgan fingerprint density at radius 3 is 2.13 bits per heavy atom. The molecule has 0 radical (unpaired) electrons. The molecule has 0 aromatic heterocycles. The van der Waals surface area contributed by atoms with Crippen molar-refractivity contribution >= 4 is 22.6 Å². The molecule has 0 atom stereocenters. The van der Waals surface area contributed by atoms with Crippen molar-refractivity contribution in [3.05, 3.63) is 33.4 Å². The van der Waals surface area contributed by atoms with Gasteiger partial charge >= 0.3 is 0 Å². The predicted molar refractivity (Wildman–Crippen MR) is 72.9 cm³/mol. The molecule has 0 unspecified atom stereocenters. The molecule has 0 bridgehead atoms. The molecular weight excluding hydrogens is 297 g/mol. The van der Waals surface area contributed by atoms with Crippen LogP contribution < -0.4 is 0 Å². The van der Waals surface area contributed by atoms with Gasteiger partial charge in [0, 0.05) is 10.1 Å². The van der Waals surface area contributed by atoms with Gasteiger partial charge in [-0.1, -0.05) is 25.0 Å². The zero-order chi connectivity index (χ0) is 10.5. The summed E-state index contributed by atoms with van der Waals surface area (Å²) in [4.78, 5) is 2.59. The van der Waals surface area contributed by atoms with E-state index < -0.39 is 0 Å². The molecule has 1 aromatic rings. The third-order valence-corrected chi connectivity index (χ3v) is 3.74. The van der Waals surface area contributed by atoms with Gasteiger partial charge in [0.15, 0.2) is 0 Å². The molecule has 1 fully saturated rings. The Balaban J connectivity index is 1.92. The van der Waals surface area contributed by atoms with Crippen LogP contribution in [0.15, 0.2) is 24.3 Å². The lowest BCUT2D eigenvalue weighted by molar-refractivity contribution is 0.277. The quantitative estimate of drug-likeness (QED) is 0.753. The first-order valence-corrected chi connectivity index (χ1v) is 6.89.